The maximum atomic E-state index is 11.9. The van der Waals surface area contributed by atoms with E-state index in [0.29, 0.717) is 43.4 Å². The maximum absolute atomic E-state index is 11.9. The molecule has 0 bridgehead atoms. The molecule has 0 radical (unpaired) electrons. The van der Waals surface area contributed by atoms with Gasteiger partial charge < -0.3 is 23.9 Å². The van der Waals surface area contributed by atoms with Crippen molar-refractivity contribution in [2.24, 2.45) is 5.16 Å². The zero-order chi connectivity index (χ0) is 15.8. The highest BCUT2D eigenvalue weighted by Gasteiger charge is 2.16. The molecule has 1 saturated heterocycles. The quantitative estimate of drug-likeness (QED) is 0.577. The monoisotopic (exact) mass is 308 g/mol. The molecule has 2 rings (SSSR count). The van der Waals surface area contributed by atoms with Crippen molar-refractivity contribution in [2.75, 3.05) is 47.1 Å². The molecule has 0 unspecified atom stereocenters. The molecule has 0 N–H and O–H groups in total. The summed E-state index contributed by atoms with van der Waals surface area (Å²) < 4.78 is 15.7. The van der Waals surface area contributed by atoms with Gasteiger partial charge in [0.15, 0.2) is 18.1 Å². The van der Waals surface area contributed by atoms with E-state index in [4.69, 9.17) is 19.0 Å². The summed E-state index contributed by atoms with van der Waals surface area (Å²) in [5.41, 5.74) is 0.709. The first-order chi connectivity index (χ1) is 10.8. The van der Waals surface area contributed by atoms with Crippen LogP contribution in [0.3, 0.4) is 0 Å². The summed E-state index contributed by atoms with van der Waals surface area (Å²) in [5, 5.41) is 3.82. The Balaban J connectivity index is 1.88. The molecule has 1 fully saturated rings. The number of ether oxygens (including phenoxy) is 3. The number of methoxy groups -OCH3 is 2. The Morgan fingerprint density at radius 3 is 2.77 bits per heavy atom. The van der Waals surface area contributed by atoms with Gasteiger partial charge in [-0.15, -0.1) is 0 Å². The number of hydrogen-bond donors (Lipinski definition) is 0. The number of nitrogens with zero attached hydrogens (tertiary/aromatic N) is 2. The summed E-state index contributed by atoms with van der Waals surface area (Å²) in [6.07, 6.45) is 1.49. The fourth-order valence-corrected chi connectivity index (χ4v) is 2.10. The van der Waals surface area contributed by atoms with E-state index in [-0.39, 0.29) is 12.5 Å². The van der Waals surface area contributed by atoms with Crippen molar-refractivity contribution in [3.63, 3.8) is 0 Å². The predicted molar refractivity (Wildman–Crippen MR) is 80.5 cm³/mol. The molecular formula is C15H20N2O5. The van der Waals surface area contributed by atoms with Gasteiger partial charge in [-0.3, -0.25) is 4.79 Å². The van der Waals surface area contributed by atoms with Crippen LogP contribution in [0.25, 0.3) is 0 Å². The van der Waals surface area contributed by atoms with Crippen molar-refractivity contribution in [2.45, 2.75) is 0 Å². The van der Waals surface area contributed by atoms with Crippen molar-refractivity contribution in [1.29, 1.82) is 0 Å². The van der Waals surface area contributed by atoms with E-state index in [1.54, 1.807) is 25.2 Å². The van der Waals surface area contributed by atoms with Crippen molar-refractivity contribution < 1.29 is 23.8 Å². The normalized spacial score (nSPS) is 14.9. The van der Waals surface area contributed by atoms with E-state index < -0.39 is 0 Å². The smallest absolute Gasteiger partial charge is 0.263 e. The average Bonchev–Trinajstić information content (AvgIpc) is 2.58. The molecule has 1 heterocycles. The molecule has 0 spiro atoms. The van der Waals surface area contributed by atoms with Crippen LogP contribution in [0.15, 0.2) is 23.4 Å². The highest BCUT2D eigenvalue weighted by molar-refractivity contribution is 5.84. The third kappa shape index (κ3) is 4.11. The molecule has 0 aliphatic carbocycles. The van der Waals surface area contributed by atoms with Crippen LogP contribution in [0.5, 0.6) is 11.5 Å². The molecule has 1 aliphatic rings. The molecule has 7 nitrogen and oxygen atoms in total. The second kappa shape index (κ2) is 8.23. The molecule has 1 aliphatic heterocycles. The van der Waals surface area contributed by atoms with Crippen LogP contribution in [0.1, 0.15) is 5.56 Å². The van der Waals surface area contributed by atoms with Crippen LogP contribution in [-0.2, 0) is 14.4 Å². The second-order valence-electron chi connectivity index (χ2n) is 4.58. The number of hydrogen-bond acceptors (Lipinski definition) is 6. The fraction of sp³-hybridized carbons (Fsp3) is 0.467. The lowest BCUT2D eigenvalue weighted by atomic mass is 10.2. The van der Waals surface area contributed by atoms with Gasteiger partial charge in [-0.05, 0) is 12.1 Å². The third-order valence-corrected chi connectivity index (χ3v) is 3.25. The lowest BCUT2D eigenvalue weighted by molar-refractivity contribution is -0.140. The van der Waals surface area contributed by atoms with Gasteiger partial charge in [0, 0.05) is 18.7 Å². The number of oxime groups is 1. The van der Waals surface area contributed by atoms with Gasteiger partial charge in [0.2, 0.25) is 0 Å². The number of para-hydroxylation sites is 1. The summed E-state index contributed by atoms with van der Waals surface area (Å²) in [7, 11) is 3.12. The Morgan fingerprint density at radius 1 is 1.32 bits per heavy atom. The largest absolute Gasteiger partial charge is 0.493 e. The Bertz CT molecular complexity index is 527. The van der Waals surface area contributed by atoms with Crippen LogP contribution in [0.2, 0.25) is 0 Å². The summed E-state index contributed by atoms with van der Waals surface area (Å²) in [6, 6.07) is 5.43. The first-order valence-corrected chi connectivity index (χ1v) is 6.98. The molecule has 0 atom stereocenters. The summed E-state index contributed by atoms with van der Waals surface area (Å²) in [4.78, 5) is 18.6. The maximum Gasteiger partial charge on any atom is 0.263 e. The molecule has 1 aromatic carbocycles. The van der Waals surface area contributed by atoms with Gasteiger partial charge in [0.1, 0.15) is 0 Å². The number of morpholine rings is 1. The van der Waals surface area contributed by atoms with Crippen LogP contribution in [0.4, 0.5) is 0 Å². The van der Waals surface area contributed by atoms with Crippen LogP contribution < -0.4 is 9.47 Å². The molecule has 7 heteroatoms. The van der Waals surface area contributed by atoms with Crippen molar-refractivity contribution in [3.05, 3.63) is 23.8 Å². The van der Waals surface area contributed by atoms with Gasteiger partial charge in [-0.2, -0.15) is 0 Å². The van der Waals surface area contributed by atoms with E-state index in [9.17, 15) is 4.79 Å². The zero-order valence-electron chi connectivity index (χ0n) is 12.8. The molecule has 0 aromatic heterocycles. The lowest BCUT2D eigenvalue weighted by Gasteiger charge is -2.26. The third-order valence-electron chi connectivity index (χ3n) is 3.25. The van der Waals surface area contributed by atoms with E-state index in [0.717, 1.165) is 0 Å². The van der Waals surface area contributed by atoms with Gasteiger partial charge in [-0.25, -0.2) is 0 Å². The van der Waals surface area contributed by atoms with Gasteiger partial charge in [0.25, 0.3) is 5.91 Å². The van der Waals surface area contributed by atoms with E-state index in [2.05, 4.69) is 5.16 Å². The number of amides is 1. The molecule has 1 amide bonds. The van der Waals surface area contributed by atoms with Gasteiger partial charge in [-0.1, -0.05) is 11.2 Å². The average molecular weight is 308 g/mol. The second-order valence-corrected chi connectivity index (χ2v) is 4.58. The molecule has 120 valence electrons. The zero-order valence-corrected chi connectivity index (χ0v) is 12.8. The fourth-order valence-electron chi connectivity index (χ4n) is 2.10. The molecular weight excluding hydrogens is 288 g/mol. The first kappa shape index (κ1) is 16.1. The van der Waals surface area contributed by atoms with Gasteiger partial charge >= 0.3 is 0 Å². The van der Waals surface area contributed by atoms with E-state index in [1.165, 1.54) is 6.21 Å². The minimum absolute atomic E-state index is 0.0945. The van der Waals surface area contributed by atoms with E-state index in [1.807, 2.05) is 12.1 Å². The topological polar surface area (TPSA) is 69.6 Å². The first-order valence-electron chi connectivity index (χ1n) is 6.98. The van der Waals surface area contributed by atoms with Crippen LogP contribution >= 0.6 is 0 Å². The van der Waals surface area contributed by atoms with Crippen LogP contribution in [0, 0.1) is 0 Å². The minimum Gasteiger partial charge on any atom is -0.493 e. The summed E-state index contributed by atoms with van der Waals surface area (Å²) in [6.45, 7) is 2.22. The predicted octanol–water partition coefficient (Wildman–Crippen LogP) is 0.913. The highest BCUT2D eigenvalue weighted by Crippen LogP contribution is 2.29. The Morgan fingerprint density at radius 2 is 2.09 bits per heavy atom. The van der Waals surface area contributed by atoms with E-state index >= 15 is 0 Å². The standard InChI is InChI=1S/C15H20N2O5/c1-19-13-5-3-4-12(15(13)20-2)10-16-22-11-14(18)17-6-8-21-9-7-17/h3-5,10H,6-9,11H2,1-2H3/b16-10-. The Kier molecular flexibility index (Phi) is 6.02. The number of rotatable bonds is 6. The number of carbonyl (C=O) groups is 1. The van der Waals surface area contributed by atoms with Gasteiger partial charge in [0.05, 0.1) is 33.6 Å². The minimum atomic E-state index is -0.0990. The number of benzene rings is 1. The Labute approximate surface area is 129 Å². The summed E-state index contributed by atoms with van der Waals surface area (Å²) in [5.74, 6) is 1.07. The molecule has 1 aromatic rings. The van der Waals surface area contributed by atoms with Crippen molar-refractivity contribution >= 4 is 12.1 Å². The molecule has 0 saturated carbocycles. The number of carbonyl (C=O) groups excluding carboxylic acids is 1. The highest BCUT2D eigenvalue weighted by atomic mass is 16.6. The summed E-state index contributed by atoms with van der Waals surface area (Å²) >= 11 is 0. The van der Waals surface area contributed by atoms with Crippen LogP contribution in [-0.4, -0.2) is 64.2 Å². The Hall–Kier alpha value is -2.28. The lowest BCUT2D eigenvalue weighted by Crippen LogP contribution is -2.42. The molecule has 22 heavy (non-hydrogen) atoms. The van der Waals surface area contributed by atoms with Crippen molar-refractivity contribution in [3.8, 4) is 11.5 Å². The van der Waals surface area contributed by atoms with Crippen molar-refractivity contribution in [1.82, 2.24) is 4.90 Å². The SMILES string of the molecule is COc1cccc(/C=N\OCC(=O)N2CCOCC2)c1OC.